The molecule has 0 bridgehead atoms. The van der Waals surface area contributed by atoms with Crippen molar-refractivity contribution in [2.24, 2.45) is 0 Å². The van der Waals surface area contributed by atoms with Crippen molar-refractivity contribution in [3.8, 4) is 34.1 Å². The smallest absolute Gasteiger partial charge is 0.169 e. The van der Waals surface area contributed by atoms with Crippen LogP contribution in [0, 0.1) is 0 Å². The fourth-order valence-corrected chi connectivity index (χ4v) is 4.03. The van der Waals surface area contributed by atoms with Crippen molar-refractivity contribution >= 4 is 0 Å². The zero-order valence-electron chi connectivity index (χ0n) is 15.3. The Morgan fingerprint density at radius 1 is 1.04 bits per heavy atom. The lowest BCUT2D eigenvalue weighted by atomic mass is 9.86. The van der Waals surface area contributed by atoms with Crippen LogP contribution in [-0.4, -0.2) is 42.9 Å². The van der Waals surface area contributed by atoms with E-state index in [-0.39, 0.29) is 11.5 Å². The average molecular weight is 357 g/mol. The van der Waals surface area contributed by atoms with E-state index in [4.69, 9.17) is 14.2 Å². The first-order chi connectivity index (χ1) is 12.5. The van der Waals surface area contributed by atoms with E-state index in [2.05, 4.69) is 4.90 Å². The third-order valence-electron chi connectivity index (χ3n) is 5.31. The highest BCUT2D eigenvalue weighted by molar-refractivity contribution is 5.84. The van der Waals surface area contributed by atoms with Gasteiger partial charge in [-0.05, 0) is 47.9 Å². The molecule has 0 atom stereocenters. The predicted molar refractivity (Wildman–Crippen MR) is 96.8 cm³/mol. The lowest BCUT2D eigenvalue weighted by molar-refractivity contribution is 0.108. The van der Waals surface area contributed by atoms with Crippen LogP contribution >= 0.6 is 0 Å². The van der Waals surface area contributed by atoms with E-state index < -0.39 is 0 Å². The molecule has 2 aromatic carbocycles. The molecule has 6 heteroatoms. The normalized spacial score (nSPS) is 16.3. The Hall–Kier alpha value is -2.44. The molecule has 0 radical (unpaired) electrons. The van der Waals surface area contributed by atoms with Crippen LogP contribution in [0.25, 0.3) is 11.1 Å². The molecule has 0 saturated carbocycles. The zero-order chi connectivity index (χ0) is 18.4. The SMILES string of the molecule is COc1cc2c(cc1O)COCc1c3c(c(O)c(OC)c1-2)CN(C)CC3. The molecule has 26 heavy (non-hydrogen) atoms. The van der Waals surface area contributed by atoms with Crippen LogP contribution in [0.2, 0.25) is 0 Å². The highest BCUT2D eigenvalue weighted by Gasteiger charge is 2.31. The summed E-state index contributed by atoms with van der Waals surface area (Å²) in [6.07, 6.45) is 0.847. The van der Waals surface area contributed by atoms with Gasteiger partial charge in [0.15, 0.2) is 23.0 Å². The summed E-state index contributed by atoms with van der Waals surface area (Å²) in [4.78, 5) is 2.18. The molecule has 0 spiro atoms. The molecule has 2 aliphatic rings. The number of rotatable bonds is 2. The number of hydrogen-bond acceptors (Lipinski definition) is 6. The first kappa shape index (κ1) is 17.0. The molecular formula is C20H23NO5. The summed E-state index contributed by atoms with van der Waals surface area (Å²) in [5.41, 5.74) is 5.63. The molecular weight excluding hydrogens is 334 g/mol. The van der Waals surface area contributed by atoms with E-state index in [1.54, 1.807) is 19.2 Å². The maximum Gasteiger partial charge on any atom is 0.169 e. The first-order valence-electron chi connectivity index (χ1n) is 8.65. The highest BCUT2D eigenvalue weighted by atomic mass is 16.5. The molecule has 2 aliphatic heterocycles. The van der Waals surface area contributed by atoms with Gasteiger partial charge in [-0.15, -0.1) is 0 Å². The van der Waals surface area contributed by atoms with Gasteiger partial charge in [0.25, 0.3) is 0 Å². The summed E-state index contributed by atoms with van der Waals surface area (Å²) in [5, 5.41) is 21.1. The molecule has 2 aromatic rings. The summed E-state index contributed by atoms with van der Waals surface area (Å²) in [7, 11) is 5.13. The Bertz CT molecular complexity index is 877. The number of methoxy groups -OCH3 is 2. The van der Waals surface area contributed by atoms with Gasteiger partial charge in [-0.1, -0.05) is 0 Å². The summed E-state index contributed by atoms with van der Waals surface area (Å²) in [6, 6.07) is 3.45. The van der Waals surface area contributed by atoms with Gasteiger partial charge >= 0.3 is 0 Å². The van der Waals surface area contributed by atoms with Crippen LogP contribution in [0.4, 0.5) is 0 Å². The number of ether oxygens (including phenoxy) is 3. The van der Waals surface area contributed by atoms with Gasteiger partial charge in [-0.2, -0.15) is 0 Å². The lowest BCUT2D eigenvalue weighted by Gasteiger charge is -2.30. The van der Waals surface area contributed by atoms with Crippen molar-refractivity contribution in [1.29, 1.82) is 0 Å². The van der Waals surface area contributed by atoms with Crippen molar-refractivity contribution in [1.82, 2.24) is 4.90 Å². The number of fused-ring (bicyclic) bond motifs is 5. The maximum atomic E-state index is 10.9. The topological polar surface area (TPSA) is 71.4 Å². The number of likely N-dealkylation sites (N-methyl/N-ethyl adjacent to an activating group) is 1. The van der Waals surface area contributed by atoms with Gasteiger partial charge in [0.2, 0.25) is 0 Å². The molecule has 4 rings (SSSR count). The number of phenolic OH excluding ortho intramolecular Hbond substituents is 2. The fourth-order valence-electron chi connectivity index (χ4n) is 4.03. The second-order valence-electron chi connectivity index (χ2n) is 6.85. The quantitative estimate of drug-likeness (QED) is 0.861. The largest absolute Gasteiger partial charge is 0.504 e. The molecule has 6 nitrogen and oxygen atoms in total. The molecule has 0 unspecified atom stereocenters. The molecule has 0 aliphatic carbocycles. The second kappa shape index (κ2) is 6.37. The van der Waals surface area contributed by atoms with Gasteiger partial charge in [0.05, 0.1) is 27.4 Å². The Balaban J connectivity index is 2.05. The molecule has 0 aromatic heterocycles. The molecule has 2 heterocycles. The van der Waals surface area contributed by atoms with Crippen molar-refractivity contribution in [2.45, 2.75) is 26.2 Å². The van der Waals surface area contributed by atoms with Crippen LogP contribution in [-0.2, 0) is 30.9 Å². The van der Waals surface area contributed by atoms with Gasteiger partial charge < -0.3 is 29.3 Å². The van der Waals surface area contributed by atoms with Crippen molar-refractivity contribution < 1.29 is 24.4 Å². The molecule has 0 amide bonds. The number of aromatic hydroxyl groups is 2. The third kappa shape index (κ3) is 2.48. The van der Waals surface area contributed by atoms with Gasteiger partial charge in [0, 0.05) is 24.2 Å². The van der Waals surface area contributed by atoms with E-state index in [0.29, 0.717) is 31.3 Å². The average Bonchev–Trinajstić information content (AvgIpc) is 2.81. The minimum absolute atomic E-state index is 0.0704. The number of hydrogen-bond donors (Lipinski definition) is 2. The van der Waals surface area contributed by atoms with E-state index in [0.717, 1.165) is 46.3 Å². The van der Waals surface area contributed by atoms with Crippen LogP contribution in [0.3, 0.4) is 0 Å². The van der Waals surface area contributed by atoms with Crippen molar-refractivity contribution in [2.75, 3.05) is 27.8 Å². The van der Waals surface area contributed by atoms with Crippen LogP contribution in [0.15, 0.2) is 12.1 Å². The summed E-state index contributed by atoms with van der Waals surface area (Å²) in [6.45, 7) is 2.42. The second-order valence-corrected chi connectivity index (χ2v) is 6.85. The third-order valence-corrected chi connectivity index (χ3v) is 5.31. The highest BCUT2D eigenvalue weighted by Crippen LogP contribution is 2.50. The Kier molecular flexibility index (Phi) is 4.17. The minimum Gasteiger partial charge on any atom is -0.504 e. The maximum absolute atomic E-state index is 10.9. The van der Waals surface area contributed by atoms with Crippen LogP contribution < -0.4 is 9.47 Å². The molecule has 0 fully saturated rings. The van der Waals surface area contributed by atoms with Gasteiger partial charge in [-0.3, -0.25) is 0 Å². The lowest BCUT2D eigenvalue weighted by Crippen LogP contribution is -2.28. The monoisotopic (exact) mass is 357 g/mol. The standard InChI is InChI=1S/C20H23NO5/c1-21-5-4-12-14(8-21)19(23)20(25-3)18-13-7-17(24-2)16(22)6-11(13)9-26-10-15(12)18/h6-7,22-23H,4-5,8-10H2,1-3H3. The first-order valence-corrected chi connectivity index (χ1v) is 8.65. The van der Waals surface area contributed by atoms with E-state index in [1.807, 2.05) is 7.05 Å². The van der Waals surface area contributed by atoms with E-state index in [1.165, 1.54) is 7.11 Å². The minimum atomic E-state index is 0.0704. The predicted octanol–water partition coefficient (Wildman–Crippen LogP) is 2.80. The Morgan fingerprint density at radius 2 is 1.85 bits per heavy atom. The van der Waals surface area contributed by atoms with Crippen LogP contribution in [0.1, 0.15) is 22.3 Å². The number of nitrogens with zero attached hydrogens (tertiary/aromatic N) is 1. The van der Waals surface area contributed by atoms with E-state index >= 15 is 0 Å². The Labute approximate surface area is 152 Å². The molecule has 2 N–H and O–H groups in total. The molecule has 0 saturated heterocycles. The summed E-state index contributed by atoms with van der Waals surface area (Å²) >= 11 is 0. The van der Waals surface area contributed by atoms with E-state index in [9.17, 15) is 10.2 Å². The Morgan fingerprint density at radius 3 is 2.58 bits per heavy atom. The van der Waals surface area contributed by atoms with Gasteiger partial charge in [-0.25, -0.2) is 0 Å². The van der Waals surface area contributed by atoms with Crippen molar-refractivity contribution in [3.63, 3.8) is 0 Å². The summed E-state index contributed by atoms with van der Waals surface area (Å²) < 4.78 is 16.8. The number of phenols is 2. The number of benzene rings is 2. The van der Waals surface area contributed by atoms with Crippen molar-refractivity contribution in [3.05, 3.63) is 34.4 Å². The van der Waals surface area contributed by atoms with Crippen LogP contribution in [0.5, 0.6) is 23.0 Å². The molecule has 138 valence electrons. The van der Waals surface area contributed by atoms with Gasteiger partial charge in [0.1, 0.15) is 0 Å². The summed E-state index contributed by atoms with van der Waals surface area (Å²) in [5.74, 6) is 1.10. The fraction of sp³-hybridized carbons (Fsp3) is 0.400. The zero-order valence-corrected chi connectivity index (χ0v) is 15.3.